The van der Waals surface area contributed by atoms with E-state index in [0.717, 1.165) is 12.2 Å². The quantitative estimate of drug-likeness (QED) is 0.876. The molecule has 0 aliphatic carbocycles. The molecule has 0 fully saturated rings. The predicted octanol–water partition coefficient (Wildman–Crippen LogP) is 2.88. The first-order valence-electron chi connectivity index (χ1n) is 6.28. The molecule has 1 rings (SSSR count). The zero-order valence-electron chi connectivity index (χ0n) is 12.0. The highest BCUT2D eigenvalue weighted by Crippen LogP contribution is 2.19. The molecule has 0 aliphatic rings. The Morgan fingerprint density at radius 3 is 2.29 bits per heavy atom. The Kier molecular flexibility index (Phi) is 6.14. The lowest BCUT2D eigenvalue weighted by Gasteiger charge is -2.25. The third kappa shape index (κ3) is 4.17. The molecule has 1 atom stereocenters. The Balaban J connectivity index is 3.11. The second-order valence-electron chi connectivity index (χ2n) is 4.66. The number of benzene rings is 1. The third-order valence-electron chi connectivity index (χ3n) is 3.24. The van der Waals surface area contributed by atoms with E-state index in [4.69, 9.17) is 5.11 Å². The van der Waals surface area contributed by atoms with Gasteiger partial charge in [-0.25, -0.2) is 13.6 Å². The molecule has 1 unspecified atom stereocenters. The van der Waals surface area contributed by atoms with Gasteiger partial charge in [-0.1, -0.05) is 0 Å². The lowest BCUT2D eigenvalue weighted by molar-refractivity contribution is 0.0670. The van der Waals surface area contributed by atoms with Gasteiger partial charge in [0.15, 0.2) is 11.6 Å². The molecule has 1 amide bonds. The van der Waals surface area contributed by atoms with Crippen molar-refractivity contribution in [2.75, 3.05) is 19.1 Å². The topological polar surface area (TPSA) is 57.6 Å². The number of halogens is 2. The van der Waals surface area contributed by atoms with Crippen molar-refractivity contribution in [2.45, 2.75) is 19.4 Å². The molecule has 1 aromatic rings. The van der Waals surface area contributed by atoms with Gasteiger partial charge in [0.1, 0.15) is 0 Å². The number of nitrogens with zero attached hydrogens (tertiary/aromatic N) is 1. The van der Waals surface area contributed by atoms with Crippen LogP contribution < -0.4 is 0 Å². The minimum atomic E-state index is -1.47. The number of rotatable bonds is 6. The maximum Gasteiger partial charge on any atom is 0.336 e. The fourth-order valence-corrected chi connectivity index (χ4v) is 2.35. The number of hydrogen-bond donors (Lipinski definition) is 1. The molecular weight excluding hydrogens is 300 g/mol. The normalized spacial score (nSPS) is 12.0. The van der Waals surface area contributed by atoms with Crippen LogP contribution in [-0.2, 0) is 0 Å². The number of carbonyl (C=O) groups is 2. The molecule has 1 N–H and O–H groups in total. The predicted molar refractivity (Wildman–Crippen MR) is 77.9 cm³/mol. The molecule has 0 saturated carbocycles. The summed E-state index contributed by atoms with van der Waals surface area (Å²) in [7, 11) is 1.51. The molecule has 0 saturated heterocycles. The maximum atomic E-state index is 13.3. The summed E-state index contributed by atoms with van der Waals surface area (Å²) in [6.45, 7) is 1.81. The lowest BCUT2D eigenvalue weighted by Crippen LogP contribution is -2.36. The fourth-order valence-electron chi connectivity index (χ4n) is 1.77. The van der Waals surface area contributed by atoms with Gasteiger partial charge in [-0.2, -0.15) is 11.8 Å². The van der Waals surface area contributed by atoms with Gasteiger partial charge in [-0.15, -0.1) is 0 Å². The first-order chi connectivity index (χ1) is 9.79. The van der Waals surface area contributed by atoms with Crippen LogP contribution in [0.25, 0.3) is 0 Å². The largest absolute Gasteiger partial charge is 0.478 e. The van der Waals surface area contributed by atoms with Crippen molar-refractivity contribution in [3.05, 3.63) is 34.9 Å². The Morgan fingerprint density at radius 2 is 1.81 bits per heavy atom. The monoisotopic (exact) mass is 317 g/mol. The van der Waals surface area contributed by atoms with Crippen LogP contribution in [0.5, 0.6) is 0 Å². The minimum absolute atomic E-state index is 0.139. The summed E-state index contributed by atoms with van der Waals surface area (Å²) in [5.41, 5.74) is -0.886. The summed E-state index contributed by atoms with van der Waals surface area (Å²) in [5.74, 6) is -3.81. The lowest BCUT2D eigenvalue weighted by atomic mass is 10.0. The van der Waals surface area contributed by atoms with Gasteiger partial charge in [-0.3, -0.25) is 4.79 Å². The number of carbonyl (C=O) groups excluding carboxylic acids is 1. The maximum absolute atomic E-state index is 13.3. The van der Waals surface area contributed by atoms with E-state index < -0.39 is 29.1 Å². The molecule has 0 aliphatic heterocycles. The van der Waals surface area contributed by atoms with Crippen molar-refractivity contribution in [3.63, 3.8) is 0 Å². The van der Waals surface area contributed by atoms with E-state index in [0.29, 0.717) is 12.1 Å². The van der Waals surface area contributed by atoms with Crippen LogP contribution in [0.3, 0.4) is 0 Å². The number of thioether (sulfide) groups is 1. The van der Waals surface area contributed by atoms with Crippen molar-refractivity contribution in [3.8, 4) is 0 Å². The Bertz CT molecular complexity index is 551. The van der Waals surface area contributed by atoms with Crippen molar-refractivity contribution < 1.29 is 23.5 Å². The van der Waals surface area contributed by atoms with Crippen LogP contribution in [0, 0.1) is 11.6 Å². The van der Waals surface area contributed by atoms with E-state index in [1.165, 1.54) is 11.9 Å². The molecule has 0 spiro atoms. The van der Waals surface area contributed by atoms with E-state index in [-0.39, 0.29) is 11.6 Å². The van der Waals surface area contributed by atoms with Gasteiger partial charge in [0.25, 0.3) is 5.91 Å². The standard InChI is InChI=1S/C14H17F2NO3S/c1-8(4-5-21-3)17(2)13(18)9-6-11(15)12(16)7-10(9)14(19)20/h6-8H,4-5H2,1-3H3,(H,19,20). The number of aromatic carboxylic acids is 1. The molecule has 0 aromatic heterocycles. The highest BCUT2D eigenvalue weighted by Gasteiger charge is 2.24. The van der Waals surface area contributed by atoms with Gasteiger partial charge < -0.3 is 10.0 Å². The van der Waals surface area contributed by atoms with Crippen LogP contribution in [0.2, 0.25) is 0 Å². The van der Waals surface area contributed by atoms with Crippen LogP contribution in [0.15, 0.2) is 12.1 Å². The minimum Gasteiger partial charge on any atom is -0.478 e. The first-order valence-corrected chi connectivity index (χ1v) is 7.67. The molecule has 21 heavy (non-hydrogen) atoms. The van der Waals surface area contributed by atoms with Crippen LogP contribution in [0.4, 0.5) is 8.78 Å². The van der Waals surface area contributed by atoms with Crippen LogP contribution in [0.1, 0.15) is 34.1 Å². The Hall–Kier alpha value is -1.63. The molecule has 1 aromatic carbocycles. The summed E-state index contributed by atoms with van der Waals surface area (Å²) in [4.78, 5) is 24.7. The van der Waals surface area contributed by atoms with Crippen LogP contribution >= 0.6 is 11.8 Å². The van der Waals surface area contributed by atoms with E-state index >= 15 is 0 Å². The average Bonchev–Trinajstić information content (AvgIpc) is 2.45. The fraction of sp³-hybridized carbons (Fsp3) is 0.429. The smallest absolute Gasteiger partial charge is 0.336 e. The zero-order valence-corrected chi connectivity index (χ0v) is 12.8. The van der Waals surface area contributed by atoms with Gasteiger partial charge in [0.05, 0.1) is 11.1 Å². The molecule has 7 heteroatoms. The molecular formula is C14H17F2NO3S. The van der Waals surface area contributed by atoms with Crippen molar-refractivity contribution >= 4 is 23.6 Å². The van der Waals surface area contributed by atoms with E-state index in [2.05, 4.69) is 0 Å². The molecule has 0 radical (unpaired) electrons. The van der Waals surface area contributed by atoms with Crippen LogP contribution in [-0.4, -0.2) is 47.0 Å². The number of carboxylic acids is 1. The van der Waals surface area contributed by atoms with Gasteiger partial charge in [0.2, 0.25) is 0 Å². The summed E-state index contributed by atoms with van der Waals surface area (Å²) < 4.78 is 26.5. The Morgan fingerprint density at radius 1 is 1.29 bits per heavy atom. The number of carboxylic acid groups (broad SMARTS) is 1. The van der Waals surface area contributed by atoms with E-state index in [1.807, 2.05) is 13.2 Å². The van der Waals surface area contributed by atoms with Gasteiger partial charge >= 0.3 is 5.97 Å². The summed E-state index contributed by atoms with van der Waals surface area (Å²) in [5, 5.41) is 9.03. The highest BCUT2D eigenvalue weighted by atomic mass is 32.2. The van der Waals surface area contributed by atoms with E-state index in [9.17, 15) is 18.4 Å². The highest BCUT2D eigenvalue weighted by molar-refractivity contribution is 7.98. The second kappa shape index (κ2) is 7.40. The van der Waals surface area contributed by atoms with Crippen molar-refractivity contribution in [1.82, 2.24) is 4.90 Å². The summed E-state index contributed by atoms with van der Waals surface area (Å²) >= 11 is 1.63. The molecule has 0 bridgehead atoms. The summed E-state index contributed by atoms with van der Waals surface area (Å²) in [6.07, 6.45) is 2.65. The molecule has 4 nitrogen and oxygen atoms in total. The first kappa shape index (κ1) is 17.4. The van der Waals surface area contributed by atoms with Gasteiger partial charge in [0, 0.05) is 13.1 Å². The average molecular weight is 317 g/mol. The van der Waals surface area contributed by atoms with Crippen molar-refractivity contribution in [1.29, 1.82) is 0 Å². The summed E-state index contributed by atoms with van der Waals surface area (Å²) in [6, 6.07) is 1.03. The number of hydrogen-bond acceptors (Lipinski definition) is 3. The zero-order chi connectivity index (χ0) is 16.2. The third-order valence-corrected chi connectivity index (χ3v) is 3.89. The van der Waals surface area contributed by atoms with E-state index in [1.54, 1.807) is 11.8 Å². The molecule has 116 valence electrons. The molecule has 0 heterocycles. The van der Waals surface area contributed by atoms with Crippen molar-refractivity contribution in [2.24, 2.45) is 0 Å². The van der Waals surface area contributed by atoms with Gasteiger partial charge in [-0.05, 0) is 37.5 Å². The Labute approximate surface area is 126 Å². The number of amides is 1. The second-order valence-corrected chi connectivity index (χ2v) is 5.65. The SMILES string of the molecule is CSCCC(C)N(C)C(=O)c1cc(F)c(F)cc1C(=O)O.